The summed E-state index contributed by atoms with van der Waals surface area (Å²) in [6, 6.07) is 0. The molecule has 0 spiro atoms. The number of rotatable bonds is 5. The van der Waals surface area contributed by atoms with Crippen molar-refractivity contribution in [3.63, 3.8) is 0 Å². The average Bonchev–Trinajstić information content (AvgIpc) is 2.34. The number of hydrogen-bond donors (Lipinski definition) is 0. The normalized spacial score (nSPS) is 25.7. The first-order valence-corrected chi connectivity index (χ1v) is 10.1. The second kappa shape index (κ2) is 7.96. The van der Waals surface area contributed by atoms with Crippen molar-refractivity contribution in [2.45, 2.75) is 66.2 Å². The van der Waals surface area contributed by atoms with E-state index in [0.29, 0.717) is 0 Å². The highest BCUT2D eigenvalue weighted by Gasteiger charge is 2.47. The van der Waals surface area contributed by atoms with Crippen molar-refractivity contribution < 1.29 is 28.2 Å². The minimum atomic E-state index is -1.12. The molecule has 1 heterocycles. The van der Waals surface area contributed by atoms with Crippen molar-refractivity contribution in [2.24, 2.45) is 11.3 Å². The van der Waals surface area contributed by atoms with Gasteiger partial charge in [0, 0.05) is 19.8 Å². The van der Waals surface area contributed by atoms with E-state index in [2.05, 4.69) is 0 Å². The molecule has 0 fully saturated rings. The van der Waals surface area contributed by atoms with E-state index >= 15 is 0 Å². The van der Waals surface area contributed by atoms with Crippen LogP contribution in [0, 0.1) is 11.3 Å². The molecule has 1 aliphatic rings. The van der Waals surface area contributed by atoms with Crippen LogP contribution in [0.3, 0.4) is 0 Å². The monoisotopic (exact) mass is 343 g/mol. The lowest BCUT2D eigenvalue weighted by atomic mass is 9.73. The third kappa shape index (κ3) is 5.99. The Hall–Kier alpha value is -1.34. The van der Waals surface area contributed by atoms with Gasteiger partial charge < -0.3 is 18.6 Å². The fourth-order valence-corrected chi connectivity index (χ4v) is 3.33. The molecule has 4 atom stereocenters. The Morgan fingerprint density at radius 3 is 2.22 bits per heavy atom. The molecule has 0 aromatic heterocycles. The van der Waals surface area contributed by atoms with Crippen LogP contribution in [0.4, 0.5) is 0 Å². The molecule has 1 rings (SSSR count). The molecule has 0 aliphatic carbocycles. The van der Waals surface area contributed by atoms with E-state index in [9.17, 15) is 9.59 Å². The summed E-state index contributed by atoms with van der Waals surface area (Å²) in [5.41, 5.74) is -0.258. The van der Waals surface area contributed by atoms with Crippen molar-refractivity contribution in [1.82, 2.24) is 0 Å². The molecule has 23 heavy (non-hydrogen) atoms. The second-order valence-corrected chi connectivity index (χ2v) is 8.95. The first-order valence-electron chi connectivity index (χ1n) is 7.65. The van der Waals surface area contributed by atoms with Gasteiger partial charge in [-0.1, -0.05) is 20.8 Å². The predicted molar refractivity (Wildman–Crippen MR) is 86.6 cm³/mol. The van der Waals surface area contributed by atoms with Gasteiger partial charge in [-0.05, 0) is 24.6 Å². The molecule has 1 radical (unpaired) electrons. The van der Waals surface area contributed by atoms with Crippen LogP contribution in [0.2, 0.25) is 13.1 Å². The van der Waals surface area contributed by atoms with Gasteiger partial charge in [-0.3, -0.25) is 9.59 Å². The standard InChI is InChI=1S/C16H27O6Si/c1-10(17)20-12-8-9-19-14(13(12)16(3,4)5)15(21-11(2)18)22-23(6)7/h8-9,12-15H,1-7H3/t12-,13+,14-,15?/m1/s1. The summed E-state index contributed by atoms with van der Waals surface area (Å²) in [4.78, 5) is 22.9. The molecule has 131 valence electrons. The quantitative estimate of drug-likeness (QED) is 0.434. The molecular weight excluding hydrogens is 316 g/mol. The Balaban J connectivity index is 3.14. The molecule has 6 nitrogen and oxygen atoms in total. The van der Waals surface area contributed by atoms with Crippen molar-refractivity contribution in [2.75, 3.05) is 0 Å². The summed E-state index contributed by atoms with van der Waals surface area (Å²) >= 11 is 0. The van der Waals surface area contributed by atoms with Gasteiger partial charge in [0.1, 0.15) is 6.10 Å². The number of ether oxygens (including phenoxy) is 3. The van der Waals surface area contributed by atoms with Crippen LogP contribution < -0.4 is 0 Å². The lowest BCUT2D eigenvalue weighted by molar-refractivity contribution is -0.204. The fraction of sp³-hybridized carbons (Fsp3) is 0.750. The van der Waals surface area contributed by atoms with E-state index in [0.717, 1.165) is 0 Å². The SMILES string of the molecule is CC(=O)OC(O[Si](C)C)[C@@H]1OC=C[C@@H](OC(C)=O)[C@@H]1C(C)(C)C. The van der Waals surface area contributed by atoms with E-state index in [1.807, 2.05) is 33.9 Å². The van der Waals surface area contributed by atoms with Gasteiger partial charge in [-0.15, -0.1) is 0 Å². The average molecular weight is 343 g/mol. The minimum Gasteiger partial charge on any atom is -0.491 e. The van der Waals surface area contributed by atoms with Crippen LogP contribution >= 0.6 is 0 Å². The van der Waals surface area contributed by atoms with Crippen LogP contribution in [0.1, 0.15) is 34.6 Å². The Bertz CT molecular complexity index is 454. The zero-order valence-corrected chi connectivity index (χ0v) is 15.9. The molecule has 1 unspecified atom stereocenters. The molecule has 0 bridgehead atoms. The van der Waals surface area contributed by atoms with Gasteiger partial charge in [0.2, 0.25) is 15.3 Å². The Morgan fingerprint density at radius 2 is 1.78 bits per heavy atom. The van der Waals surface area contributed by atoms with Gasteiger partial charge >= 0.3 is 11.9 Å². The maximum atomic E-state index is 11.4. The summed E-state index contributed by atoms with van der Waals surface area (Å²) < 4.78 is 22.3. The van der Waals surface area contributed by atoms with Crippen molar-refractivity contribution in [3.8, 4) is 0 Å². The van der Waals surface area contributed by atoms with Crippen molar-refractivity contribution in [1.29, 1.82) is 0 Å². The van der Waals surface area contributed by atoms with E-state index in [-0.39, 0.29) is 17.3 Å². The lowest BCUT2D eigenvalue weighted by Crippen LogP contribution is -2.52. The van der Waals surface area contributed by atoms with Crippen LogP contribution in [-0.2, 0) is 28.2 Å². The van der Waals surface area contributed by atoms with Gasteiger partial charge in [0.05, 0.1) is 6.26 Å². The Kier molecular flexibility index (Phi) is 6.82. The highest BCUT2D eigenvalue weighted by atomic mass is 28.3. The maximum absolute atomic E-state index is 11.4. The van der Waals surface area contributed by atoms with Crippen LogP contribution in [-0.4, -0.2) is 39.5 Å². The first-order chi connectivity index (χ1) is 10.5. The molecule has 0 N–H and O–H groups in total. The number of hydrogen-bond acceptors (Lipinski definition) is 6. The predicted octanol–water partition coefficient (Wildman–Crippen LogP) is 2.65. The molecule has 7 heteroatoms. The van der Waals surface area contributed by atoms with Gasteiger partial charge in [-0.2, -0.15) is 0 Å². The molecule has 0 aromatic rings. The number of esters is 2. The second-order valence-electron chi connectivity index (χ2n) is 6.90. The fourth-order valence-electron chi connectivity index (χ4n) is 2.68. The molecule has 0 saturated carbocycles. The van der Waals surface area contributed by atoms with Gasteiger partial charge in [-0.25, -0.2) is 0 Å². The number of carbonyl (C=O) groups excluding carboxylic acids is 2. The molecule has 0 amide bonds. The highest BCUT2D eigenvalue weighted by molar-refractivity contribution is 6.48. The summed E-state index contributed by atoms with van der Waals surface area (Å²) in [6.45, 7) is 12.7. The minimum absolute atomic E-state index is 0.220. The smallest absolute Gasteiger partial charge is 0.305 e. The van der Waals surface area contributed by atoms with Crippen LogP contribution in [0.25, 0.3) is 0 Å². The largest absolute Gasteiger partial charge is 0.491 e. The maximum Gasteiger partial charge on any atom is 0.305 e. The van der Waals surface area contributed by atoms with E-state index in [4.69, 9.17) is 18.6 Å². The molecular formula is C16H27O6Si. The van der Waals surface area contributed by atoms with Crippen molar-refractivity contribution >= 4 is 21.0 Å². The van der Waals surface area contributed by atoms with Crippen LogP contribution in [0.15, 0.2) is 12.3 Å². The summed E-state index contributed by atoms with van der Waals surface area (Å²) in [5.74, 6) is -1.02. The third-order valence-corrected chi connectivity index (χ3v) is 4.12. The van der Waals surface area contributed by atoms with E-state index < -0.39 is 33.5 Å². The first kappa shape index (κ1) is 19.7. The third-order valence-electron chi connectivity index (χ3n) is 3.42. The number of carbonyl (C=O) groups is 2. The zero-order chi connectivity index (χ0) is 17.8. The van der Waals surface area contributed by atoms with E-state index in [1.165, 1.54) is 20.1 Å². The van der Waals surface area contributed by atoms with Gasteiger partial charge in [0.15, 0.2) is 6.10 Å². The van der Waals surface area contributed by atoms with Gasteiger partial charge in [0.25, 0.3) is 0 Å². The molecule has 1 aliphatic heterocycles. The molecule has 0 aromatic carbocycles. The lowest BCUT2D eigenvalue weighted by Gasteiger charge is -2.44. The zero-order valence-electron chi connectivity index (χ0n) is 14.9. The summed E-state index contributed by atoms with van der Waals surface area (Å²) in [5, 5.41) is 0. The molecule has 0 saturated heterocycles. The Labute approximate surface area is 139 Å². The highest BCUT2D eigenvalue weighted by Crippen LogP contribution is 2.39. The van der Waals surface area contributed by atoms with Crippen molar-refractivity contribution in [3.05, 3.63) is 12.3 Å². The Morgan fingerprint density at radius 1 is 1.17 bits per heavy atom. The summed E-state index contributed by atoms with van der Waals surface area (Å²) in [6.07, 6.45) is 1.36. The van der Waals surface area contributed by atoms with E-state index in [1.54, 1.807) is 6.08 Å². The summed E-state index contributed by atoms with van der Waals surface area (Å²) in [7, 11) is -1.12. The van der Waals surface area contributed by atoms with Crippen LogP contribution in [0.5, 0.6) is 0 Å². The topological polar surface area (TPSA) is 71.1 Å².